The van der Waals surface area contributed by atoms with Crippen molar-refractivity contribution in [2.24, 2.45) is 0 Å². The van der Waals surface area contributed by atoms with Gasteiger partial charge in [0.15, 0.2) is 0 Å². The summed E-state index contributed by atoms with van der Waals surface area (Å²) in [6, 6.07) is 6.49. The van der Waals surface area contributed by atoms with Gasteiger partial charge in [-0.25, -0.2) is 4.98 Å². The summed E-state index contributed by atoms with van der Waals surface area (Å²) in [4.78, 5) is 19.8. The molecular weight excluding hydrogens is 319 g/mol. The van der Waals surface area contributed by atoms with E-state index in [-0.39, 0.29) is 5.75 Å². The number of thiazole rings is 1. The number of carbonyl (C=O) groups is 1. The maximum atomic E-state index is 12.0. The standard InChI is InChI=1S/C13H8F3N3O2S/c14-13(15,16)21-8-3-1-7(2-4-8)18-11(20)9-5-10-12(19-9)22-6-17-10/h1-6,19H,(H,18,20). The third-order valence-electron chi connectivity index (χ3n) is 2.71. The average Bonchev–Trinajstić information content (AvgIpc) is 3.00. The Morgan fingerprint density at radius 2 is 2.00 bits per heavy atom. The van der Waals surface area contributed by atoms with Gasteiger partial charge in [0.05, 0.1) is 5.51 Å². The molecule has 3 aromatic rings. The molecule has 0 unspecified atom stereocenters. The Morgan fingerprint density at radius 3 is 2.64 bits per heavy atom. The van der Waals surface area contributed by atoms with E-state index in [4.69, 9.17) is 0 Å². The highest BCUT2D eigenvalue weighted by molar-refractivity contribution is 7.16. The molecule has 1 amide bonds. The number of amides is 1. The molecule has 2 aromatic heterocycles. The summed E-state index contributed by atoms with van der Waals surface area (Å²) in [5, 5.41) is 2.57. The highest BCUT2D eigenvalue weighted by atomic mass is 32.1. The van der Waals surface area contributed by atoms with E-state index in [1.807, 2.05) is 0 Å². The first-order chi connectivity index (χ1) is 10.4. The normalized spacial score (nSPS) is 11.6. The number of hydrogen-bond acceptors (Lipinski definition) is 4. The monoisotopic (exact) mass is 327 g/mol. The molecule has 22 heavy (non-hydrogen) atoms. The highest BCUT2D eigenvalue weighted by Crippen LogP contribution is 2.24. The van der Waals surface area contributed by atoms with Gasteiger partial charge in [0, 0.05) is 5.69 Å². The fraction of sp³-hybridized carbons (Fsp3) is 0.0769. The fourth-order valence-corrected chi connectivity index (χ4v) is 2.48. The van der Waals surface area contributed by atoms with Gasteiger partial charge in [0.1, 0.15) is 21.8 Å². The van der Waals surface area contributed by atoms with Crippen LogP contribution >= 0.6 is 11.3 Å². The number of aromatic nitrogens is 2. The van der Waals surface area contributed by atoms with Gasteiger partial charge < -0.3 is 15.0 Å². The van der Waals surface area contributed by atoms with E-state index in [1.54, 1.807) is 11.6 Å². The predicted octanol–water partition coefficient (Wildman–Crippen LogP) is 3.78. The molecule has 0 bridgehead atoms. The smallest absolute Gasteiger partial charge is 0.406 e. The molecule has 3 rings (SSSR count). The first-order valence-electron chi connectivity index (χ1n) is 6.00. The quantitative estimate of drug-likeness (QED) is 0.769. The molecule has 0 radical (unpaired) electrons. The molecule has 9 heteroatoms. The molecule has 0 atom stereocenters. The molecule has 0 fully saturated rings. The Bertz CT molecular complexity index is 779. The summed E-state index contributed by atoms with van der Waals surface area (Å²) >= 11 is 1.37. The zero-order chi connectivity index (χ0) is 15.7. The topological polar surface area (TPSA) is 67.0 Å². The zero-order valence-electron chi connectivity index (χ0n) is 10.8. The second-order valence-corrected chi connectivity index (χ2v) is 5.13. The van der Waals surface area contributed by atoms with Crippen molar-refractivity contribution in [1.82, 2.24) is 9.97 Å². The number of aromatic amines is 1. The number of nitrogens with zero attached hydrogens (tertiary/aromatic N) is 1. The SMILES string of the molecule is O=C(Nc1ccc(OC(F)(F)F)cc1)c1cc2ncsc2[nH]1. The summed E-state index contributed by atoms with van der Waals surface area (Å²) in [5.41, 5.74) is 3.02. The lowest BCUT2D eigenvalue weighted by atomic mass is 10.3. The van der Waals surface area contributed by atoms with Crippen LogP contribution < -0.4 is 10.1 Å². The minimum Gasteiger partial charge on any atom is -0.406 e. The maximum Gasteiger partial charge on any atom is 0.573 e. The lowest BCUT2D eigenvalue weighted by Crippen LogP contribution is -2.17. The number of fused-ring (bicyclic) bond motifs is 1. The minimum atomic E-state index is -4.74. The van der Waals surface area contributed by atoms with Gasteiger partial charge in [0.25, 0.3) is 5.91 Å². The van der Waals surface area contributed by atoms with Gasteiger partial charge in [0.2, 0.25) is 0 Å². The fourth-order valence-electron chi connectivity index (χ4n) is 1.81. The van der Waals surface area contributed by atoms with E-state index in [2.05, 4.69) is 20.0 Å². The van der Waals surface area contributed by atoms with Crippen LogP contribution in [0.1, 0.15) is 10.5 Å². The van der Waals surface area contributed by atoms with Crippen molar-refractivity contribution in [3.05, 3.63) is 41.5 Å². The molecule has 0 aliphatic rings. The summed E-state index contributed by atoms with van der Waals surface area (Å²) < 4.78 is 39.9. The van der Waals surface area contributed by atoms with E-state index in [0.717, 1.165) is 17.0 Å². The van der Waals surface area contributed by atoms with E-state index in [1.165, 1.54) is 23.5 Å². The number of H-pyrrole nitrogens is 1. The molecule has 0 saturated carbocycles. The summed E-state index contributed by atoms with van der Waals surface area (Å²) in [6.45, 7) is 0. The van der Waals surface area contributed by atoms with Crippen molar-refractivity contribution in [2.45, 2.75) is 6.36 Å². The van der Waals surface area contributed by atoms with Crippen molar-refractivity contribution >= 4 is 33.3 Å². The zero-order valence-corrected chi connectivity index (χ0v) is 11.6. The number of ether oxygens (including phenoxy) is 1. The molecule has 0 aliphatic heterocycles. The first-order valence-corrected chi connectivity index (χ1v) is 6.88. The summed E-state index contributed by atoms with van der Waals surface area (Å²) in [7, 11) is 0. The molecule has 0 saturated heterocycles. The first kappa shape index (κ1) is 14.4. The van der Waals surface area contributed by atoms with Gasteiger partial charge in [-0.15, -0.1) is 24.5 Å². The van der Waals surface area contributed by atoms with Gasteiger partial charge >= 0.3 is 6.36 Å². The summed E-state index contributed by atoms with van der Waals surface area (Å²) in [5.74, 6) is -0.759. The van der Waals surface area contributed by atoms with Crippen molar-refractivity contribution in [2.75, 3.05) is 5.32 Å². The highest BCUT2D eigenvalue weighted by Gasteiger charge is 2.30. The van der Waals surface area contributed by atoms with Crippen LogP contribution in [0.15, 0.2) is 35.8 Å². The molecule has 0 spiro atoms. The third-order valence-corrected chi connectivity index (χ3v) is 3.47. The van der Waals surface area contributed by atoms with Crippen LogP contribution in [0, 0.1) is 0 Å². The number of rotatable bonds is 3. The third kappa shape index (κ3) is 3.19. The number of nitrogens with one attached hydrogen (secondary N) is 2. The summed E-state index contributed by atoms with van der Waals surface area (Å²) in [6.07, 6.45) is -4.74. The lowest BCUT2D eigenvalue weighted by molar-refractivity contribution is -0.274. The second-order valence-electron chi connectivity index (χ2n) is 4.28. The molecular formula is C13H8F3N3O2S. The molecule has 2 N–H and O–H groups in total. The van der Waals surface area contributed by atoms with Crippen LogP contribution in [-0.4, -0.2) is 22.2 Å². The van der Waals surface area contributed by atoms with Crippen molar-refractivity contribution < 1.29 is 22.7 Å². The van der Waals surface area contributed by atoms with Gasteiger partial charge in [-0.3, -0.25) is 4.79 Å². The van der Waals surface area contributed by atoms with Crippen LogP contribution in [0.5, 0.6) is 5.75 Å². The second kappa shape index (κ2) is 5.34. The van der Waals surface area contributed by atoms with Crippen LogP contribution in [-0.2, 0) is 0 Å². The molecule has 0 aliphatic carbocycles. The van der Waals surface area contributed by atoms with E-state index in [9.17, 15) is 18.0 Å². The number of carbonyl (C=O) groups excluding carboxylic acids is 1. The number of anilines is 1. The van der Waals surface area contributed by atoms with Gasteiger partial charge in [-0.1, -0.05) is 0 Å². The molecule has 2 heterocycles. The Kier molecular flexibility index (Phi) is 3.49. The number of alkyl halides is 3. The van der Waals surface area contributed by atoms with Crippen molar-refractivity contribution in [3.8, 4) is 5.75 Å². The molecule has 114 valence electrons. The number of hydrogen-bond donors (Lipinski definition) is 2. The predicted molar refractivity (Wildman–Crippen MR) is 75.0 cm³/mol. The largest absolute Gasteiger partial charge is 0.573 e. The number of benzene rings is 1. The van der Waals surface area contributed by atoms with Crippen LogP contribution in [0.2, 0.25) is 0 Å². The lowest BCUT2D eigenvalue weighted by Gasteiger charge is -2.09. The van der Waals surface area contributed by atoms with Gasteiger partial charge in [-0.05, 0) is 30.3 Å². The van der Waals surface area contributed by atoms with Crippen molar-refractivity contribution in [1.29, 1.82) is 0 Å². The maximum absolute atomic E-state index is 12.0. The molecule has 5 nitrogen and oxygen atoms in total. The number of halogens is 3. The Balaban J connectivity index is 1.70. The van der Waals surface area contributed by atoms with Crippen LogP contribution in [0.3, 0.4) is 0 Å². The Labute approximate surface area is 125 Å². The minimum absolute atomic E-state index is 0.324. The van der Waals surface area contributed by atoms with Crippen LogP contribution in [0.4, 0.5) is 18.9 Å². The van der Waals surface area contributed by atoms with E-state index < -0.39 is 12.3 Å². The Hall–Kier alpha value is -2.55. The van der Waals surface area contributed by atoms with Crippen molar-refractivity contribution in [3.63, 3.8) is 0 Å². The van der Waals surface area contributed by atoms with Crippen LogP contribution in [0.25, 0.3) is 10.3 Å². The average molecular weight is 327 g/mol. The van der Waals surface area contributed by atoms with E-state index >= 15 is 0 Å². The Morgan fingerprint density at radius 1 is 1.27 bits per heavy atom. The molecule has 1 aromatic carbocycles. The van der Waals surface area contributed by atoms with Gasteiger partial charge in [-0.2, -0.15) is 0 Å². The van der Waals surface area contributed by atoms with E-state index in [0.29, 0.717) is 16.9 Å².